The molecule has 4 nitrogen and oxygen atoms in total. The van der Waals surface area contributed by atoms with E-state index in [1.807, 2.05) is 54.8 Å². The highest BCUT2D eigenvalue weighted by Crippen LogP contribution is 2.32. The highest BCUT2D eigenvalue weighted by Gasteiger charge is 2.22. The summed E-state index contributed by atoms with van der Waals surface area (Å²) in [4.78, 5) is 12.6. The molecule has 3 rings (SSSR count). The molecule has 26 heavy (non-hydrogen) atoms. The molecule has 1 atom stereocenters. The number of ketones is 1. The van der Waals surface area contributed by atoms with Gasteiger partial charge in [0.05, 0.1) is 10.3 Å². The van der Waals surface area contributed by atoms with Gasteiger partial charge in [0.1, 0.15) is 0 Å². The topological polar surface area (TPSA) is 47.8 Å². The van der Waals surface area contributed by atoms with Crippen molar-refractivity contribution in [2.45, 2.75) is 30.8 Å². The maximum Gasteiger partial charge on any atom is 0.192 e. The first-order valence-corrected chi connectivity index (χ1v) is 9.79. The highest BCUT2D eigenvalue weighted by atomic mass is 35.5. The molecule has 134 valence electrons. The van der Waals surface area contributed by atoms with Crippen molar-refractivity contribution < 1.29 is 4.79 Å². The summed E-state index contributed by atoms with van der Waals surface area (Å²) in [6, 6.07) is 14.5. The molecular weight excluding hydrogens is 389 g/mol. The van der Waals surface area contributed by atoms with E-state index in [4.69, 9.17) is 23.2 Å². The van der Waals surface area contributed by atoms with Gasteiger partial charge in [0.25, 0.3) is 0 Å². The van der Waals surface area contributed by atoms with Crippen LogP contribution in [0.15, 0.2) is 53.7 Å². The molecule has 7 heteroatoms. The van der Waals surface area contributed by atoms with Crippen molar-refractivity contribution in [1.29, 1.82) is 0 Å². The molecule has 0 N–H and O–H groups in total. The Hall–Kier alpha value is -1.82. The number of benzene rings is 2. The summed E-state index contributed by atoms with van der Waals surface area (Å²) in [7, 11) is 0. The van der Waals surface area contributed by atoms with Gasteiger partial charge in [-0.1, -0.05) is 65.3 Å². The lowest BCUT2D eigenvalue weighted by atomic mass is 10.1. The predicted molar refractivity (Wildman–Crippen MR) is 107 cm³/mol. The summed E-state index contributed by atoms with van der Waals surface area (Å²) < 4.78 is 1.95. The Bertz CT molecular complexity index is 928. The highest BCUT2D eigenvalue weighted by molar-refractivity contribution is 8.00. The van der Waals surface area contributed by atoms with Crippen molar-refractivity contribution in [3.05, 3.63) is 64.1 Å². The van der Waals surface area contributed by atoms with Crippen LogP contribution in [-0.4, -0.2) is 25.8 Å². The zero-order valence-corrected chi connectivity index (χ0v) is 16.6. The first kappa shape index (κ1) is 19.0. The van der Waals surface area contributed by atoms with Crippen molar-refractivity contribution in [3.63, 3.8) is 0 Å². The van der Waals surface area contributed by atoms with E-state index >= 15 is 0 Å². The Morgan fingerprint density at radius 2 is 1.88 bits per heavy atom. The molecule has 2 aromatic carbocycles. The summed E-state index contributed by atoms with van der Waals surface area (Å²) >= 11 is 13.7. The van der Waals surface area contributed by atoms with E-state index in [0.29, 0.717) is 33.1 Å². The molecule has 0 saturated heterocycles. The standard InChI is InChI=1S/C19H17Cl2N3OS/c1-3-24-18(15-10-9-14(20)11-16(15)21)22-23-19(24)26-12(2)17(25)13-7-5-4-6-8-13/h4-12H,3H2,1-2H3/t12-/m0/s1. The number of hydrogen-bond donors (Lipinski definition) is 0. The zero-order chi connectivity index (χ0) is 18.7. The number of Topliss-reactive ketones (excluding diaryl/α,β-unsaturated/α-hetero) is 1. The summed E-state index contributed by atoms with van der Waals surface area (Å²) in [5, 5.41) is 10.1. The van der Waals surface area contributed by atoms with E-state index in [2.05, 4.69) is 10.2 Å². The van der Waals surface area contributed by atoms with Crippen LogP contribution in [0.1, 0.15) is 24.2 Å². The fourth-order valence-corrected chi connectivity index (χ4v) is 4.06. The molecule has 0 amide bonds. The molecule has 0 saturated carbocycles. The number of halogens is 2. The van der Waals surface area contributed by atoms with Crippen molar-refractivity contribution in [1.82, 2.24) is 14.8 Å². The van der Waals surface area contributed by atoms with E-state index in [1.54, 1.807) is 12.1 Å². The molecule has 0 unspecified atom stereocenters. The Balaban J connectivity index is 1.87. The molecule has 0 aliphatic carbocycles. The summed E-state index contributed by atoms with van der Waals surface area (Å²) in [6.45, 7) is 4.55. The molecule has 0 aliphatic rings. The molecule has 0 aliphatic heterocycles. The van der Waals surface area contributed by atoms with Gasteiger partial charge >= 0.3 is 0 Å². The fourth-order valence-electron chi connectivity index (χ4n) is 2.58. The first-order valence-electron chi connectivity index (χ1n) is 8.15. The Kier molecular flexibility index (Phi) is 6.01. The van der Waals surface area contributed by atoms with Crippen LogP contribution in [0.4, 0.5) is 0 Å². The third kappa shape index (κ3) is 3.95. The molecule has 1 heterocycles. The van der Waals surface area contributed by atoms with Crippen LogP contribution in [0.5, 0.6) is 0 Å². The minimum atomic E-state index is -0.277. The smallest absolute Gasteiger partial charge is 0.192 e. The molecule has 1 aromatic heterocycles. The average molecular weight is 406 g/mol. The van der Waals surface area contributed by atoms with Crippen molar-refractivity contribution in [3.8, 4) is 11.4 Å². The van der Waals surface area contributed by atoms with E-state index in [9.17, 15) is 4.79 Å². The van der Waals surface area contributed by atoms with Crippen LogP contribution in [-0.2, 0) is 6.54 Å². The van der Waals surface area contributed by atoms with Crippen LogP contribution in [0.2, 0.25) is 10.0 Å². The van der Waals surface area contributed by atoms with Gasteiger partial charge in [0.15, 0.2) is 16.8 Å². The Morgan fingerprint density at radius 1 is 1.15 bits per heavy atom. The lowest BCUT2D eigenvalue weighted by Crippen LogP contribution is -2.14. The average Bonchev–Trinajstić information content (AvgIpc) is 3.04. The summed E-state index contributed by atoms with van der Waals surface area (Å²) in [5.74, 6) is 0.725. The quantitative estimate of drug-likeness (QED) is 0.393. The minimum absolute atomic E-state index is 0.0623. The van der Waals surface area contributed by atoms with Gasteiger partial charge in [-0.25, -0.2) is 0 Å². The van der Waals surface area contributed by atoms with Crippen molar-refractivity contribution in [2.24, 2.45) is 0 Å². The van der Waals surface area contributed by atoms with Gasteiger partial charge in [0.2, 0.25) is 0 Å². The van der Waals surface area contributed by atoms with Gasteiger partial charge in [0, 0.05) is 22.7 Å². The maximum atomic E-state index is 12.6. The van der Waals surface area contributed by atoms with Crippen molar-refractivity contribution in [2.75, 3.05) is 0 Å². The molecule has 0 bridgehead atoms. The second-order valence-corrected chi connectivity index (χ2v) is 7.82. The molecule has 3 aromatic rings. The van der Waals surface area contributed by atoms with Gasteiger partial charge in [-0.2, -0.15) is 0 Å². The monoisotopic (exact) mass is 405 g/mol. The Labute approximate surface area is 166 Å². The fraction of sp³-hybridized carbons (Fsp3) is 0.211. The van der Waals surface area contributed by atoms with Crippen molar-refractivity contribution >= 4 is 40.7 Å². The van der Waals surface area contributed by atoms with Gasteiger partial charge in [-0.3, -0.25) is 4.79 Å². The number of carbonyl (C=O) groups is 1. The third-order valence-electron chi connectivity index (χ3n) is 3.91. The number of carbonyl (C=O) groups excluding carboxylic acids is 1. The molecule has 0 radical (unpaired) electrons. The van der Waals surface area contributed by atoms with E-state index in [1.165, 1.54) is 11.8 Å². The number of nitrogens with zero attached hydrogens (tertiary/aromatic N) is 3. The third-order valence-corrected chi connectivity index (χ3v) is 5.54. The second kappa shape index (κ2) is 8.25. The molecular formula is C19H17Cl2N3OS. The van der Waals surface area contributed by atoms with E-state index < -0.39 is 0 Å². The zero-order valence-electron chi connectivity index (χ0n) is 14.3. The maximum absolute atomic E-state index is 12.6. The lowest BCUT2D eigenvalue weighted by molar-refractivity contribution is 0.0994. The van der Waals surface area contributed by atoms with Crippen LogP contribution in [0, 0.1) is 0 Å². The second-order valence-electron chi connectivity index (χ2n) is 5.66. The lowest BCUT2D eigenvalue weighted by Gasteiger charge is -2.12. The number of thioether (sulfide) groups is 1. The largest absolute Gasteiger partial charge is 0.302 e. The normalized spacial score (nSPS) is 12.2. The summed E-state index contributed by atoms with van der Waals surface area (Å²) in [6.07, 6.45) is 0. The first-order chi connectivity index (χ1) is 12.5. The number of rotatable bonds is 6. The van der Waals surface area contributed by atoms with Gasteiger partial charge in [-0.15, -0.1) is 10.2 Å². The van der Waals surface area contributed by atoms with Crippen LogP contribution >= 0.6 is 35.0 Å². The number of aromatic nitrogens is 3. The van der Waals surface area contributed by atoms with Crippen LogP contribution in [0.25, 0.3) is 11.4 Å². The van der Waals surface area contributed by atoms with Gasteiger partial charge < -0.3 is 4.57 Å². The van der Waals surface area contributed by atoms with Crippen LogP contribution in [0.3, 0.4) is 0 Å². The Morgan fingerprint density at radius 3 is 2.54 bits per heavy atom. The van der Waals surface area contributed by atoms with Crippen LogP contribution < -0.4 is 0 Å². The SMILES string of the molecule is CCn1c(S[C@@H](C)C(=O)c2ccccc2)nnc1-c1ccc(Cl)cc1Cl. The van der Waals surface area contributed by atoms with E-state index in [-0.39, 0.29) is 11.0 Å². The summed E-state index contributed by atoms with van der Waals surface area (Å²) in [5.41, 5.74) is 1.45. The van der Waals surface area contributed by atoms with E-state index in [0.717, 1.165) is 5.56 Å². The number of hydrogen-bond acceptors (Lipinski definition) is 4. The molecule has 0 fully saturated rings. The predicted octanol–water partition coefficient (Wildman–Crippen LogP) is 5.64. The minimum Gasteiger partial charge on any atom is -0.302 e. The van der Waals surface area contributed by atoms with Gasteiger partial charge in [-0.05, 0) is 32.0 Å². The molecule has 0 spiro atoms.